The van der Waals surface area contributed by atoms with Crippen LogP contribution in [0.25, 0.3) is 0 Å². The quantitative estimate of drug-likeness (QED) is 0.612. The number of hydrogen-bond acceptors (Lipinski definition) is 5. The van der Waals surface area contributed by atoms with Gasteiger partial charge < -0.3 is 19.3 Å². The number of aliphatic hydroxyl groups excluding tert-OH is 1. The molecule has 0 saturated carbocycles. The number of aliphatic hydroxyl groups is 1. The first kappa shape index (κ1) is 7.64. The number of esters is 1. The van der Waals surface area contributed by atoms with E-state index in [1.165, 1.54) is 6.07 Å². The topological polar surface area (TPSA) is 65.0 Å². The maximum absolute atomic E-state index is 11.2. The third kappa shape index (κ3) is 0.843. The van der Waals surface area contributed by atoms with Gasteiger partial charge in [-0.2, -0.15) is 0 Å². The molecule has 14 heavy (non-hydrogen) atoms. The Morgan fingerprint density at radius 1 is 1.29 bits per heavy atom. The number of carbonyl (C=O) groups excluding carboxylic acids is 1. The summed E-state index contributed by atoms with van der Waals surface area (Å²) in [6.07, 6.45) is -1.19. The molecule has 0 radical (unpaired) electrons. The zero-order chi connectivity index (χ0) is 9.71. The van der Waals surface area contributed by atoms with E-state index in [1.54, 1.807) is 6.07 Å². The highest BCUT2D eigenvalue weighted by atomic mass is 16.7. The summed E-state index contributed by atoms with van der Waals surface area (Å²) in [6.45, 7) is 0.142. The number of fused-ring (bicyclic) bond motifs is 2. The van der Waals surface area contributed by atoms with E-state index in [-0.39, 0.29) is 6.79 Å². The van der Waals surface area contributed by atoms with Gasteiger partial charge in [0, 0.05) is 5.56 Å². The number of hydrogen-bond donors (Lipinski definition) is 1. The third-order valence-electron chi connectivity index (χ3n) is 2.25. The van der Waals surface area contributed by atoms with Crippen LogP contribution in [0.5, 0.6) is 11.5 Å². The second kappa shape index (κ2) is 2.39. The van der Waals surface area contributed by atoms with E-state index in [9.17, 15) is 9.90 Å². The van der Waals surface area contributed by atoms with Crippen LogP contribution in [0, 0.1) is 0 Å². The zero-order valence-corrected chi connectivity index (χ0v) is 7.02. The van der Waals surface area contributed by atoms with Crippen molar-refractivity contribution in [2.24, 2.45) is 0 Å². The van der Waals surface area contributed by atoms with E-state index in [1.807, 2.05) is 0 Å². The largest absolute Gasteiger partial charge is 0.454 e. The monoisotopic (exact) mass is 194 g/mol. The summed E-state index contributed by atoms with van der Waals surface area (Å²) in [4.78, 5) is 11.2. The van der Waals surface area contributed by atoms with Crippen LogP contribution in [0.15, 0.2) is 12.1 Å². The molecule has 0 fully saturated rings. The first-order valence-corrected chi connectivity index (χ1v) is 4.08. The van der Waals surface area contributed by atoms with Crippen LogP contribution >= 0.6 is 0 Å². The fourth-order valence-corrected chi connectivity index (χ4v) is 1.57. The van der Waals surface area contributed by atoms with Crippen LogP contribution in [0.2, 0.25) is 0 Å². The number of ether oxygens (including phenoxy) is 3. The van der Waals surface area contributed by atoms with E-state index < -0.39 is 12.3 Å². The number of rotatable bonds is 0. The molecule has 1 atom stereocenters. The average Bonchev–Trinajstić information content (AvgIpc) is 2.70. The molecule has 0 unspecified atom stereocenters. The molecule has 1 N–H and O–H groups in total. The van der Waals surface area contributed by atoms with Crippen molar-refractivity contribution in [3.05, 3.63) is 23.3 Å². The van der Waals surface area contributed by atoms with Crippen LogP contribution in [0.3, 0.4) is 0 Å². The second-order valence-corrected chi connectivity index (χ2v) is 3.05. The molecule has 2 aliphatic heterocycles. The van der Waals surface area contributed by atoms with Gasteiger partial charge in [0.05, 0.1) is 5.56 Å². The van der Waals surface area contributed by atoms with Gasteiger partial charge in [0.15, 0.2) is 11.5 Å². The van der Waals surface area contributed by atoms with Crippen molar-refractivity contribution >= 4 is 5.97 Å². The Labute approximate surface area is 78.8 Å². The van der Waals surface area contributed by atoms with Crippen molar-refractivity contribution < 1.29 is 24.1 Å². The van der Waals surface area contributed by atoms with Gasteiger partial charge in [-0.3, -0.25) is 0 Å². The van der Waals surface area contributed by atoms with Crippen LogP contribution in [-0.4, -0.2) is 17.9 Å². The second-order valence-electron chi connectivity index (χ2n) is 3.05. The van der Waals surface area contributed by atoms with Gasteiger partial charge in [-0.05, 0) is 12.1 Å². The Morgan fingerprint density at radius 2 is 2.00 bits per heavy atom. The normalized spacial score (nSPS) is 22.1. The van der Waals surface area contributed by atoms with E-state index in [0.29, 0.717) is 22.6 Å². The molecular weight excluding hydrogens is 188 g/mol. The van der Waals surface area contributed by atoms with Crippen molar-refractivity contribution in [2.75, 3.05) is 6.79 Å². The summed E-state index contributed by atoms with van der Waals surface area (Å²) in [7, 11) is 0. The highest BCUT2D eigenvalue weighted by Gasteiger charge is 2.32. The van der Waals surface area contributed by atoms with Crippen molar-refractivity contribution in [3.8, 4) is 11.5 Å². The molecule has 2 heterocycles. The molecule has 0 aromatic heterocycles. The summed E-state index contributed by atoms with van der Waals surface area (Å²) >= 11 is 0. The van der Waals surface area contributed by atoms with Gasteiger partial charge in [0.1, 0.15) is 0 Å². The minimum absolute atomic E-state index is 0.142. The molecule has 0 amide bonds. The SMILES string of the molecule is O=C1O[C@@H](O)c2cc3c(cc21)OCO3. The summed E-state index contributed by atoms with van der Waals surface area (Å²) in [5.41, 5.74) is 0.765. The maximum atomic E-state index is 11.2. The predicted octanol–water partition coefficient (Wildman–Crippen LogP) is 0.577. The predicted molar refractivity (Wildman–Crippen MR) is 42.9 cm³/mol. The van der Waals surface area contributed by atoms with Crippen LogP contribution in [-0.2, 0) is 4.74 Å². The Bertz CT molecular complexity index is 425. The molecule has 2 aliphatic rings. The molecular formula is C9H6O5. The molecule has 1 aromatic carbocycles. The Morgan fingerprint density at radius 3 is 2.79 bits per heavy atom. The van der Waals surface area contributed by atoms with E-state index >= 15 is 0 Å². The Balaban J connectivity index is 2.22. The minimum atomic E-state index is -1.19. The fraction of sp³-hybridized carbons (Fsp3) is 0.222. The lowest BCUT2D eigenvalue weighted by Crippen LogP contribution is -1.96. The molecule has 72 valence electrons. The molecule has 0 saturated heterocycles. The maximum Gasteiger partial charge on any atom is 0.341 e. The first-order valence-electron chi connectivity index (χ1n) is 4.08. The van der Waals surface area contributed by atoms with Crippen molar-refractivity contribution in [3.63, 3.8) is 0 Å². The molecule has 0 bridgehead atoms. The molecule has 3 rings (SSSR count). The Hall–Kier alpha value is -1.75. The molecule has 0 spiro atoms. The van der Waals surface area contributed by atoms with Crippen molar-refractivity contribution in [2.45, 2.75) is 6.29 Å². The molecule has 5 nitrogen and oxygen atoms in total. The van der Waals surface area contributed by atoms with Gasteiger partial charge in [0.25, 0.3) is 0 Å². The lowest BCUT2D eigenvalue weighted by atomic mass is 10.1. The first-order chi connectivity index (χ1) is 6.75. The van der Waals surface area contributed by atoms with Gasteiger partial charge in [-0.1, -0.05) is 0 Å². The van der Waals surface area contributed by atoms with Gasteiger partial charge in [-0.25, -0.2) is 4.79 Å². The molecule has 5 heteroatoms. The molecule has 1 aromatic rings. The minimum Gasteiger partial charge on any atom is -0.454 e. The fourth-order valence-electron chi connectivity index (χ4n) is 1.57. The number of cyclic esters (lactones) is 1. The van der Waals surface area contributed by atoms with Crippen LogP contribution in [0.4, 0.5) is 0 Å². The summed E-state index contributed by atoms with van der Waals surface area (Å²) in [5, 5.41) is 9.34. The summed E-state index contributed by atoms with van der Waals surface area (Å²) < 4.78 is 14.8. The van der Waals surface area contributed by atoms with Gasteiger partial charge in [0.2, 0.25) is 13.1 Å². The van der Waals surface area contributed by atoms with Gasteiger partial charge in [-0.15, -0.1) is 0 Å². The van der Waals surface area contributed by atoms with Crippen LogP contribution in [0.1, 0.15) is 22.2 Å². The summed E-state index contributed by atoms with van der Waals surface area (Å²) in [6, 6.07) is 3.09. The average molecular weight is 194 g/mol. The smallest absolute Gasteiger partial charge is 0.341 e. The van der Waals surface area contributed by atoms with Crippen molar-refractivity contribution in [1.29, 1.82) is 0 Å². The zero-order valence-electron chi connectivity index (χ0n) is 7.02. The molecule has 0 aliphatic carbocycles. The van der Waals surface area contributed by atoms with E-state index in [2.05, 4.69) is 4.74 Å². The summed E-state index contributed by atoms with van der Waals surface area (Å²) in [5.74, 6) is 0.502. The highest BCUT2D eigenvalue weighted by Crippen LogP contribution is 2.40. The lowest BCUT2D eigenvalue weighted by molar-refractivity contribution is -0.0548. The van der Waals surface area contributed by atoms with Gasteiger partial charge >= 0.3 is 5.97 Å². The highest BCUT2D eigenvalue weighted by molar-refractivity contribution is 5.94. The number of carbonyl (C=O) groups is 1. The number of benzene rings is 1. The van der Waals surface area contributed by atoms with E-state index in [4.69, 9.17) is 9.47 Å². The Kier molecular flexibility index (Phi) is 1.30. The van der Waals surface area contributed by atoms with Crippen LogP contribution < -0.4 is 9.47 Å². The third-order valence-corrected chi connectivity index (χ3v) is 2.25. The lowest BCUT2D eigenvalue weighted by Gasteiger charge is -2.01. The standard InChI is InChI=1S/C9H6O5/c10-8-4-1-6-7(13-3-12-6)2-5(4)9(11)14-8/h1-2,8,10H,3H2/t8-/m1/s1. The van der Waals surface area contributed by atoms with Crippen molar-refractivity contribution in [1.82, 2.24) is 0 Å². The van der Waals surface area contributed by atoms with E-state index in [0.717, 1.165) is 0 Å².